The van der Waals surface area contributed by atoms with Crippen molar-refractivity contribution in [1.29, 1.82) is 0 Å². The maximum Gasteiger partial charge on any atom is 0.157 e. The second-order valence-corrected chi connectivity index (χ2v) is 13.7. The number of halogens is 2. The van der Waals surface area contributed by atoms with E-state index in [0.717, 1.165) is 76.0 Å². The van der Waals surface area contributed by atoms with E-state index in [1.807, 2.05) is 97.1 Å². The smallest absolute Gasteiger partial charge is 0.157 e. The number of nitrogens with one attached hydrogen (secondary N) is 2. The first-order valence-electron chi connectivity index (χ1n) is 16.7. The van der Waals surface area contributed by atoms with Gasteiger partial charge in [0.15, 0.2) is 12.6 Å². The average Bonchev–Trinajstić information content (AvgIpc) is 4.00. The lowest BCUT2D eigenvalue weighted by Gasteiger charge is -2.11. The van der Waals surface area contributed by atoms with Gasteiger partial charge in [-0.3, -0.25) is 0 Å². The van der Waals surface area contributed by atoms with Crippen molar-refractivity contribution in [2.24, 2.45) is 0 Å². The quantitative estimate of drug-likeness (QED) is 0.0898. The van der Waals surface area contributed by atoms with Crippen LogP contribution < -0.4 is 9.47 Å². The first-order valence-corrected chi connectivity index (χ1v) is 18.3. The molecule has 2 aromatic carbocycles. The lowest BCUT2D eigenvalue weighted by molar-refractivity contribution is -0.0838. The highest BCUT2D eigenvalue weighted by atomic mass is 79.9. The van der Waals surface area contributed by atoms with E-state index in [1.54, 1.807) is 0 Å². The summed E-state index contributed by atoms with van der Waals surface area (Å²) < 4.78 is 23.5. The van der Waals surface area contributed by atoms with Gasteiger partial charge in [-0.2, -0.15) is 0 Å². The number of fused-ring (bicyclic) bond motifs is 8. The molecular formula is C40H36Br2N4O6. The van der Waals surface area contributed by atoms with Gasteiger partial charge in [-0.1, -0.05) is 24.3 Å². The highest BCUT2D eigenvalue weighted by Gasteiger charge is 2.17. The van der Waals surface area contributed by atoms with Crippen LogP contribution in [-0.2, 0) is 9.47 Å². The van der Waals surface area contributed by atoms with Crippen molar-refractivity contribution < 1.29 is 29.2 Å². The van der Waals surface area contributed by atoms with Crippen LogP contribution in [0.15, 0.2) is 81.7 Å². The number of ether oxygens (including phenoxy) is 4. The van der Waals surface area contributed by atoms with Crippen molar-refractivity contribution in [3.63, 3.8) is 0 Å². The number of methoxy groups -OCH3 is 2. The molecule has 5 heterocycles. The molecule has 2 atom stereocenters. The molecule has 2 aliphatic rings. The van der Waals surface area contributed by atoms with Gasteiger partial charge >= 0.3 is 0 Å². The van der Waals surface area contributed by atoms with Gasteiger partial charge in [0.2, 0.25) is 0 Å². The molecule has 8 bridgehead atoms. The number of nitrogens with zero attached hydrogens (tertiary/aromatic N) is 2. The number of aromatic amines is 2. The number of aliphatic hydroxyl groups excluding tert-OH is 2. The normalized spacial score (nSPS) is 13.3. The van der Waals surface area contributed by atoms with Crippen molar-refractivity contribution in [3.05, 3.63) is 105 Å². The molecule has 5 aromatic rings. The van der Waals surface area contributed by atoms with E-state index in [4.69, 9.17) is 28.9 Å². The summed E-state index contributed by atoms with van der Waals surface area (Å²) in [4.78, 5) is 17.4. The molecule has 0 saturated carbocycles. The van der Waals surface area contributed by atoms with E-state index < -0.39 is 12.6 Å². The van der Waals surface area contributed by atoms with Crippen molar-refractivity contribution in [2.45, 2.75) is 25.4 Å². The van der Waals surface area contributed by atoms with Crippen LogP contribution in [0, 0.1) is 0 Å². The Morgan fingerprint density at radius 2 is 0.981 bits per heavy atom. The number of hydrogen-bond donors (Lipinski definition) is 4. The zero-order valence-electron chi connectivity index (χ0n) is 28.4. The van der Waals surface area contributed by atoms with E-state index in [2.05, 4.69) is 41.8 Å². The molecular weight excluding hydrogens is 792 g/mol. The largest absolute Gasteiger partial charge is 0.493 e. The van der Waals surface area contributed by atoms with Gasteiger partial charge < -0.3 is 39.1 Å². The predicted octanol–water partition coefficient (Wildman–Crippen LogP) is 8.98. The highest BCUT2D eigenvalue weighted by molar-refractivity contribution is 9.11. The van der Waals surface area contributed by atoms with E-state index in [9.17, 15) is 10.2 Å². The van der Waals surface area contributed by atoms with Gasteiger partial charge in [0, 0.05) is 49.2 Å². The molecule has 0 saturated heterocycles. The molecule has 0 fully saturated rings. The van der Waals surface area contributed by atoms with Gasteiger partial charge in [-0.25, -0.2) is 9.97 Å². The van der Waals surface area contributed by atoms with Crippen LogP contribution in [0.2, 0.25) is 0 Å². The van der Waals surface area contributed by atoms with E-state index in [1.165, 1.54) is 14.2 Å². The van der Waals surface area contributed by atoms with Crippen LogP contribution in [0.3, 0.4) is 0 Å². The van der Waals surface area contributed by atoms with Crippen LogP contribution in [0.4, 0.5) is 0 Å². The number of aliphatic hydroxyl groups is 2. The summed E-state index contributed by atoms with van der Waals surface area (Å²) >= 11 is 7.69. The number of benzene rings is 2. The maximum atomic E-state index is 9.79. The lowest BCUT2D eigenvalue weighted by Crippen LogP contribution is -2.13. The molecule has 0 amide bonds. The third-order valence-electron chi connectivity index (χ3n) is 8.68. The standard InChI is InChI=1S/C40H36Br2N4O6/c1-49-35(47)17-19-51-25-7-3-5-23(21-25)37-27-9-13-31(43-27)39(41)33-15-11-29(45-33)38(24-6-4-8-26(22-24)52-20-18-36(48)50-2)30-12-16-34(46-30)40(42)32-14-10-28(37)44-32/h3-16,21-22,35-36,43,46-48H,17-20H2,1-2H3. The SMILES string of the molecule is COC(O)CCOc1cccc(-c2c3nc(c(Br)c4ccc([nH]4)c(-c4cccc(OCCC(O)OC)c4)c4nc(c(Br)c5ccc2[nH]5)C=C4)C=C3)c1. The first-order chi connectivity index (χ1) is 25.3. The Kier molecular flexibility index (Phi) is 11.0. The molecule has 3 aromatic heterocycles. The molecule has 2 aliphatic heterocycles. The Labute approximate surface area is 317 Å². The van der Waals surface area contributed by atoms with Gasteiger partial charge in [-0.15, -0.1) is 0 Å². The molecule has 0 radical (unpaired) electrons. The third kappa shape index (κ3) is 7.77. The minimum atomic E-state index is -0.883. The van der Waals surface area contributed by atoms with Crippen LogP contribution in [-0.4, -0.2) is 70.2 Å². The number of hydrogen-bond acceptors (Lipinski definition) is 8. The van der Waals surface area contributed by atoms with Crippen LogP contribution in [0.5, 0.6) is 11.5 Å². The zero-order valence-corrected chi connectivity index (χ0v) is 31.6. The van der Waals surface area contributed by atoms with Crippen molar-refractivity contribution in [3.8, 4) is 33.8 Å². The summed E-state index contributed by atoms with van der Waals surface area (Å²) in [7, 11) is 2.92. The summed E-state index contributed by atoms with van der Waals surface area (Å²) in [5, 5.41) is 19.6. The molecule has 7 rings (SSSR count). The Morgan fingerprint density at radius 3 is 1.40 bits per heavy atom. The summed E-state index contributed by atoms with van der Waals surface area (Å²) in [6, 6.07) is 23.8. The summed E-state index contributed by atoms with van der Waals surface area (Å²) in [6.45, 7) is 0.599. The highest BCUT2D eigenvalue weighted by Crippen LogP contribution is 2.37. The number of rotatable bonds is 12. The maximum absolute atomic E-state index is 9.79. The van der Waals surface area contributed by atoms with Gasteiger partial charge in [0.1, 0.15) is 11.5 Å². The molecule has 266 valence electrons. The molecule has 12 heteroatoms. The van der Waals surface area contributed by atoms with Crippen molar-refractivity contribution in [2.75, 3.05) is 27.4 Å². The van der Waals surface area contributed by atoms with E-state index >= 15 is 0 Å². The molecule has 52 heavy (non-hydrogen) atoms. The second kappa shape index (κ2) is 16.0. The monoisotopic (exact) mass is 826 g/mol. The van der Waals surface area contributed by atoms with Crippen LogP contribution in [0.1, 0.15) is 35.6 Å². The van der Waals surface area contributed by atoms with Crippen LogP contribution in [0.25, 0.3) is 68.6 Å². The fourth-order valence-corrected chi connectivity index (χ4v) is 6.92. The van der Waals surface area contributed by atoms with Gasteiger partial charge in [0.25, 0.3) is 0 Å². The summed E-state index contributed by atoms with van der Waals surface area (Å²) in [6.07, 6.45) is 6.93. The second-order valence-electron chi connectivity index (χ2n) is 12.1. The van der Waals surface area contributed by atoms with E-state index in [0.29, 0.717) is 37.6 Å². The minimum Gasteiger partial charge on any atom is -0.493 e. The first kappa shape index (κ1) is 35.8. The summed E-state index contributed by atoms with van der Waals surface area (Å²) in [5.74, 6) is 1.34. The molecule has 0 aliphatic carbocycles. The topological polar surface area (TPSA) is 135 Å². The Hall–Kier alpha value is -4.56. The molecule has 4 N–H and O–H groups in total. The molecule has 2 unspecified atom stereocenters. The summed E-state index contributed by atoms with van der Waals surface area (Å²) in [5.41, 5.74) is 10.1. The Bertz CT molecular complexity index is 2170. The van der Waals surface area contributed by atoms with Gasteiger partial charge in [0.05, 0.1) is 56.0 Å². The average molecular weight is 829 g/mol. The Balaban J connectivity index is 1.40. The third-order valence-corrected chi connectivity index (χ3v) is 10.3. The number of H-pyrrole nitrogens is 2. The van der Waals surface area contributed by atoms with E-state index in [-0.39, 0.29) is 0 Å². The van der Waals surface area contributed by atoms with Crippen LogP contribution >= 0.6 is 31.9 Å². The Morgan fingerprint density at radius 1 is 0.577 bits per heavy atom. The predicted molar refractivity (Wildman–Crippen MR) is 211 cm³/mol. The van der Waals surface area contributed by atoms with Crippen molar-refractivity contribution in [1.82, 2.24) is 19.9 Å². The fraction of sp³-hybridized carbons (Fsp3) is 0.200. The number of aromatic nitrogens is 4. The molecule has 10 nitrogen and oxygen atoms in total. The minimum absolute atomic E-state index is 0.300. The zero-order chi connectivity index (χ0) is 36.2. The molecule has 0 spiro atoms. The van der Waals surface area contributed by atoms with Gasteiger partial charge in [-0.05, 0) is 116 Å². The van der Waals surface area contributed by atoms with Crippen molar-refractivity contribution >= 4 is 78.2 Å². The lowest BCUT2D eigenvalue weighted by atomic mass is 10.0. The fourth-order valence-electron chi connectivity index (χ4n) is 6.02.